The zero-order chi connectivity index (χ0) is 31.2. The van der Waals surface area contributed by atoms with Crippen molar-refractivity contribution < 1.29 is 67.3 Å². The number of aliphatic hydroxyl groups excluding tert-OH is 1. The Labute approximate surface area is 216 Å². The third kappa shape index (κ3) is 12.4. The van der Waals surface area contributed by atoms with Crippen molar-refractivity contribution in [1.82, 2.24) is 4.90 Å². The van der Waals surface area contributed by atoms with Crippen molar-refractivity contribution in [3.63, 3.8) is 0 Å². The minimum Gasteiger partial charge on any atom is -0.444 e. The number of hydrogen-bond acceptors (Lipinski definition) is 3. The van der Waals surface area contributed by atoms with E-state index in [1.54, 1.807) is 13.0 Å². The van der Waals surface area contributed by atoms with Crippen LogP contribution in [0.3, 0.4) is 0 Å². The molecule has 1 amide bonds. The maximum Gasteiger partial charge on any atom is 0.425 e. The first-order valence-corrected chi connectivity index (χ1v) is 10.8. The molecule has 0 spiro atoms. The standard InChI is InChI=1S/C19H23F6NO2.C4H4F6O/c1-12(2)14-8-6-7-13(9-14)11-26(16(27)28-17(3,4)5)19(24,25)15(20)10-18(21,22)23;5-2(4(8,9)10)3(6,7)1-11/h6-9,15H,1,10-11H2,2-5H3;2,11H,1H2. The van der Waals surface area contributed by atoms with Gasteiger partial charge in [0.1, 0.15) is 12.2 Å². The molecule has 39 heavy (non-hydrogen) atoms. The van der Waals surface area contributed by atoms with E-state index < -0.39 is 67.9 Å². The van der Waals surface area contributed by atoms with Crippen LogP contribution >= 0.6 is 0 Å². The summed E-state index contributed by atoms with van der Waals surface area (Å²) in [6, 6.07) is 1.23. The van der Waals surface area contributed by atoms with E-state index in [9.17, 15) is 57.5 Å². The second-order valence-corrected chi connectivity index (χ2v) is 9.25. The highest BCUT2D eigenvalue weighted by Gasteiger charge is 2.56. The van der Waals surface area contributed by atoms with E-state index in [1.807, 2.05) is 0 Å². The number of aliphatic hydroxyl groups is 1. The van der Waals surface area contributed by atoms with E-state index in [-0.39, 0.29) is 10.5 Å². The van der Waals surface area contributed by atoms with Crippen LogP contribution in [-0.2, 0) is 11.3 Å². The molecule has 0 saturated carbocycles. The number of allylic oxidation sites excluding steroid dienone is 1. The summed E-state index contributed by atoms with van der Waals surface area (Å²) >= 11 is 0. The maximum atomic E-state index is 14.5. The Morgan fingerprint density at radius 3 is 1.87 bits per heavy atom. The summed E-state index contributed by atoms with van der Waals surface area (Å²) in [6.45, 7) is 6.55. The van der Waals surface area contributed by atoms with Gasteiger partial charge in [-0.25, -0.2) is 27.3 Å². The topological polar surface area (TPSA) is 49.8 Å². The second kappa shape index (κ2) is 13.1. The number of halogens is 12. The summed E-state index contributed by atoms with van der Waals surface area (Å²) in [6.07, 6.45) is -22.8. The fraction of sp³-hybridized carbons (Fsp3) is 0.609. The second-order valence-electron chi connectivity index (χ2n) is 9.25. The lowest BCUT2D eigenvalue weighted by molar-refractivity contribution is -0.251. The van der Waals surface area contributed by atoms with E-state index in [4.69, 9.17) is 9.84 Å². The van der Waals surface area contributed by atoms with Crippen molar-refractivity contribution in [2.75, 3.05) is 6.61 Å². The number of ether oxygens (including phenoxy) is 1. The number of nitrogens with zero attached hydrogens (tertiary/aromatic N) is 1. The monoisotopic (exact) mass is 593 g/mol. The van der Waals surface area contributed by atoms with Gasteiger partial charge < -0.3 is 9.84 Å². The van der Waals surface area contributed by atoms with Gasteiger partial charge >= 0.3 is 30.4 Å². The molecular weight excluding hydrogens is 566 g/mol. The Morgan fingerprint density at radius 2 is 1.51 bits per heavy atom. The van der Waals surface area contributed by atoms with Crippen molar-refractivity contribution in [2.45, 2.75) is 82.9 Å². The van der Waals surface area contributed by atoms with E-state index in [0.717, 1.165) is 0 Å². The molecule has 2 unspecified atom stereocenters. The van der Waals surface area contributed by atoms with E-state index in [0.29, 0.717) is 11.1 Å². The van der Waals surface area contributed by atoms with Crippen molar-refractivity contribution >= 4 is 11.7 Å². The molecule has 1 N–H and O–H groups in total. The zero-order valence-corrected chi connectivity index (χ0v) is 21.0. The highest BCUT2D eigenvalue weighted by atomic mass is 19.4. The minimum absolute atomic E-state index is 0.158. The average molecular weight is 593 g/mol. The van der Waals surface area contributed by atoms with Gasteiger partial charge in [0.05, 0.1) is 13.0 Å². The number of alkyl halides is 12. The lowest BCUT2D eigenvalue weighted by atomic mass is 10.1. The van der Waals surface area contributed by atoms with Gasteiger partial charge in [0.2, 0.25) is 0 Å². The molecule has 1 rings (SSSR count). The smallest absolute Gasteiger partial charge is 0.425 e. The molecule has 0 heterocycles. The van der Waals surface area contributed by atoms with Crippen molar-refractivity contribution in [2.24, 2.45) is 0 Å². The minimum atomic E-state index is -5.63. The Morgan fingerprint density at radius 1 is 1.00 bits per heavy atom. The molecule has 0 aliphatic heterocycles. The molecule has 0 aliphatic rings. The van der Waals surface area contributed by atoms with E-state index in [1.165, 1.54) is 39.0 Å². The van der Waals surface area contributed by atoms with Crippen molar-refractivity contribution in [3.05, 3.63) is 42.0 Å². The first-order chi connectivity index (χ1) is 17.2. The lowest BCUT2D eigenvalue weighted by Gasteiger charge is -2.35. The first kappa shape index (κ1) is 36.4. The summed E-state index contributed by atoms with van der Waals surface area (Å²) in [5.74, 6) is -4.75. The third-order valence-electron chi connectivity index (χ3n) is 4.39. The average Bonchev–Trinajstić information content (AvgIpc) is 2.74. The Hall–Kier alpha value is -2.65. The molecule has 1 aromatic carbocycles. The van der Waals surface area contributed by atoms with Crippen molar-refractivity contribution in [1.29, 1.82) is 0 Å². The zero-order valence-electron chi connectivity index (χ0n) is 21.0. The Kier molecular flexibility index (Phi) is 12.2. The van der Waals surface area contributed by atoms with Crippen LogP contribution in [0.5, 0.6) is 0 Å². The quantitative estimate of drug-likeness (QED) is 0.247. The molecule has 0 fully saturated rings. The number of amides is 1. The molecular formula is C23H27F12NO3. The summed E-state index contributed by atoms with van der Waals surface area (Å²) in [7, 11) is 0. The molecule has 226 valence electrons. The van der Waals surface area contributed by atoms with Crippen LogP contribution in [0, 0.1) is 0 Å². The van der Waals surface area contributed by atoms with Crippen LogP contribution in [-0.4, -0.2) is 65.0 Å². The number of carbonyl (C=O) groups excluding carboxylic acids is 1. The maximum absolute atomic E-state index is 14.5. The van der Waals surface area contributed by atoms with Gasteiger partial charge in [-0.05, 0) is 44.9 Å². The summed E-state index contributed by atoms with van der Waals surface area (Å²) < 4.78 is 154. The molecule has 1 aromatic rings. The molecule has 0 bridgehead atoms. The van der Waals surface area contributed by atoms with Crippen LogP contribution in [0.25, 0.3) is 5.57 Å². The normalized spacial score (nSPS) is 14.6. The van der Waals surface area contributed by atoms with Crippen molar-refractivity contribution in [3.8, 4) is 0 Å². The fourth-order valence-corrected chi connectivity index (χ4v) is 2.54. The third-order valence-corrected chi connectivity index (χ3v) is 4.39. The molecule has 0 saturated heterocycles. The SMILES string of the molecule is C=C(C)c1cccc(CN(C(=O)OC(C)(C)C)C(F)(F)C(F)CC(F)(F)F)c1.OCC(F)(F)C(F)C(F)(F)F. The summed E-state index contributed by atoms with van der Waals surface area (Å²) in [4.78, 5) is 11.9. The predicted molar refractivity (Wildman–Crippen MR) is 116 cm³/mol. The van der Waals surface area contributed by atoms with E-state index in [2.05, 4.69) is 6.58 Å². The Balaban J connectivity index is 0.00000110. The largest absolute Gasteiger partial charge is 0.444 e. The number of carbonyl (C=O) groups is 1. The molecule has 0 aromatic heterocycles. The van der Waals surface area contributed by atoms with Gasteiger partial charge in [-0.15, -0.1) is 0 Å². The molecule has 16 heteroatoms. The molecule has 0 radical (unpaired) electrons. The van der Waals surface area contributed by atoms with Gasteiger partial charge in [-0.2, -0.15) is 35.1 Å². The molecule has 4 nitrogen and oxygen atoms in total. The number of rotatable bonds is 8. The number of benzene rings is 1. The lowest BCUT2D eigenvalue weighted by Crippen LogP contribution is -2.53. The molecule has 2 atom stereocenters. The fourth-order valence-electron chi connectivity index (χ4n) is 2.54. The summed E-state index contributed by atoms with van der Waals surface area (Å²) in [5.41, 5.74) is 0.140. The van der Waals surface area contributed by atoms with Gasteiger partial charge in [-0.1, -0.05) is 30.4 Å². The Bertz CT molecular complexity index is 955. The van der Waals surface area contributed by atoms with Crippen LogP contribution in [0.4, 0.5) is 57.5 Å². The van der Waals surface area contributed by atoms with E-state index >= 15 is 0 Å². The van der Waals surface area contributed by atoms with Gasteiger partial charge in [0.15, 0.2) is 6.17 Å². The van der Waals surface area contributed by atoms with Gasteiger partial charge in [0.25, 0.3) is 6.17 Å². The molecule has 0 aliphatic carbocycles. The van der Waals surface area contributed by atoms with Gasteiger partial charge in [-0.3, -0.25) is 0 Å². The first-order valence-electron chi connectivity index (χ1n) is 10.8. The van der Waals surface area contributed by atoms with Crippen LogP contribution in [0.15, 0.2) is 30.8 Å². The highest BCUT2D eigenvalue weighted by molar-refractivity contribution is 5.69. The van der Waals surface area contributed by atoms with Gasteiger partial charge in [0, 0.05) is 0 Å². The summed E-state index contributed by atoms with van der Waals surface area (Å²) in [5, 5.41) is 7.64. The van der Waals surface area contributed by atoms with Crippen LogP contribution in [0.1, 0.15) is 45.2 Å². The highest BCUT2D eigenvalue weighted by Crippen LogP contribution is 2.37. The van der Waals surface area contributed by atoms with Crippen LogP contribution in [0.2, 0.25) is 0 Å². The predicted octanol–water partition coefficient (Wildman–Crippen LogP) is 7.85. The van der Waals surface area contributed by atoms with Crippen LogP contribution < -0.4 is 0 Å². The number of hydrogen-bond donors (Lipinski definition) is 1.